The number of nitrogens with two attached hydrogens (primary N) is 1. The summed E-state index contributed by atoms with van der Waals surface area (Å²) < 4.78 is 0. The van der Waals surface area contributed by atoms with Crippen molar-refractivity contribution in [2.24, 2.45) is 11.7 Å². The average Bonchev–Trinajstić information content (AvgIpc) is 3.01. The van der Waals surface area contributed by atoms with E-state index in [2.05, 4.69) is 5.32 Å². The van der Waals surface area contributed by atoms with Crippen LogP contribution in [0, 0.1) is 5.92 Å². The standard InChI is InChI=1S/C16H25N3O4/c17-15(22)13-7-4-8-19(13)16(23)12(18-10-14(20)21)9-11-5-2-1-3-6-11/h4,7,11-13,18H,1-3,5-6,8-10H2,(H2,17,22)(H,20,21). The van der Waals surface area contributed by atoms with Gasteiger partial charge in [0.05, 0.1) is 12.6 Å². The lowest BCUT2D eigenvalue weighted by molar-refractivity contribution is -0.140. The van der Waals surface area contributed by atoms with Gasteiger partial charge in [-0.15, -0.1) is 0 Å². The monoisotopic (exact) mass is 323 g/mol. The molecule has 1 aliphatic carbocycles. The first-order valence-corrected chi connectivity index (χ1v) is 8.20. The molecule has 2 atom stereocenters. The number of primary amides is 1. The van der Waals surface area contributed by atoms with E-state index in [1.165, 1.54) is 11.3 Å². The van der Waals surface area contributed by atoms with Crippen LogP contribution in [0.1, 0.15) is 38.5 Å². The summed E-state index contributed by atoms with van der Waals surface area (Å²) in [5.41, 5.74) is 5.33. The van der Waals surface area contributed by atoms with Crippen molar-refractivity contribution in [3.05, 3.63) is 12.2 Å². The fourth-order valence-corrected chi connectivity index (χ4v) is 3.43. The van der Waals surface area contributed by atoms with Crippen LogP contribution in [0.25, 0.3) is 0 Å². The Kier molecular flexibility index (Phi) is 6.15. The van der Waals surface area contributed by atoms with Gasteiger partial charge in [-0.1, -0.05) is 44.3 Å². The molecule has 1 saturated carbocycles. The van der Waals surface area contributed by atoms with Crippen molar-refractivity contribution in [2.75, 3.05) is 13.1 Å². The molecule has 0 spiro atoms. The summed E-state index contributed by atoms with van der Waals surface area (Å²) in [6.07, 6.45) is 9.62. The number of nitrogens with one attached hydrogen (secondary N) is 1. The van der Waals surface area contributed by atoms with E-state index in [1.54, 1.807) is 12.2 Å². The number of rotatable bonds is 7. The number of carboxylic acids is 1. The molecule has 2 unspecified atom stereocenters. The number of carbonyl (C=O) groups excluding carboxylic acids is 2. The quantitative estimate of drug-likeness (QED) is 0.581. The third kappa shape index (κ3) is 4.79. The molecule has 0 radical (unpaired) electrons. The third-order valence-electron chi connectivity index (χ3n) is 4.62. The molecule has 7 heteroatoms. The Morgan fingerprint density at radius 3 is 2.57 bits per heavy atom. The van der Waals surface area contributed by atoms with E-state index in [-0.39, 0.29) is 12.5 Å². The zero-order valence-corrected chi connectivity index (χ0v) is 13.2. The molecule has 0 aromatic rings. The molecule has 0 aromatic carbocycles. The van der Waals surface area contributed by atoms with Crippen molar-refractivity contribution in [2.45, 2.75) is 50.6 Å². The van der Waals surface area contributed by atoms with Gasteiger partial charge in [-0.2, -0.15) is 0 Å². The van der Waals surface area contributed by atoms with Crippen LogP contribution in [0.4, 0.5) is 0 Å². The molecule has 7 nitrogen and oxygen atoms in total. The molecule has 1 fully saturated rings. The number of aliphatic carboxylic acids is 1. The molecule has 2 aliphatic rings. The average molecular weight is 323 g/mol. The molecular weight excluding hydrogens is 298 g/mol. The Bertz CT molecular complexity index is 486. The SMILES string of the molecule is NC(=O)C1C=CCN1C(=O)C(CC1CCCCC1)NCC(=O)O. The lowest BCUT2D eigenvalue weighted by Crippen LogP contribution is -2.53. The molecule has 0 aromatic heterocycles. The highest BCUT2D eigenvalue weighted by atomic mass is 16.4. The molecule has 2 amide bonds. The Labute approximate surface area is 135 Å². The Hall–Kier alpha value is -1.89. The second kappa shape index (κ2) is 8.10. The molecule has 1 aliphatic heterocycles. The van der Waals surface area contributed by atoms with Gasteiger partial charge in [-0.25, -0.2) is 0 Å². The van der Waals surface area contributed by atoms with Gasteiger partial charge in [-0.05, 0) is 12.3 Å². The van der Waals surface area contributed by atoms with Gasteiger partial charge in [-0.3, -0.25) is 19.7 Å². The van der Waals surface area contributed by atoms with Gasteiger partial charge in [0.25, 0.3) is 0 Å². The van der Waals surface area contributed by atoms with Crippen molar-refractivity contribution >= 4 is 17.8 Å². The lowest BCUT2D eigenvalue weighted by Gasteiger charge is -2.31. The normalized spacial score (nSPS) is 23.0. The molecule has 2 rings (SSSR count). The molecule has 0 saturated heterocycles. The fourth-order valence-electron chi connectivity index (χ4n) is 3.43. The second-order valence-corrected chi connectivity index (χ2v) is 6.33. The highest BCUT2D eigenvalue weighted by Crippen LogP contribution is 2.28. The molecule has 4 N–H and O–H groups in total. The van der Waals surface area contributed by atoms with E-state index in [0.717, 1.165) is 25.7 Å². The third-order valence-corrected chi connectivity index (χ3v) is 4.62. The zero-order chi connectivity index (χ0) is 16.8. The largest absolute Gasteiger partial charge is 0.480 e. The maximum atomic E-state index is 12.8. The number of nitrogens with zero attached hydrogens (tertiary/aromatic N) is 1. The fraction of sp³-hybridized carbons (Fsp3) is 0.688. The summed E-state index contributed by atoms with van der Waals surface area (Å²) in [6.45, 7) is 0.0635. The molecular formula is C16H25N3O4. The van der Waals surface area contributed by atoms with E-state index >= 15 is 0 Å². The maximum Gasteiger partial charge on any atom is 0.317 e. The van der Waals surface area contributed by atoms with Gasteiger partial charge in [0.15, 0.2) is 0 Å². The van der Waals surface area contributed by atoms with E-state index in [0.29, 0.717) is 18.9 Å². The van der Waals surface area contributed by atoms with Crippen molar-refractivity contribution < 1.29 is 19.5 Å². The summed E-state index contributed by atoms with van der Waals surface area (Å²) in [5, 5.41) is 11.7. The van der Waals surface area contributed by atoms with Crippen LogP contribution >= 0.6 is 0 Å². The topological polar surface area (TPSA) is 113 Å². The smallest absolute Gasteiger partial charge is 0.317 e. The van der Waals surface area contributed by atoms with Crippen LogP contribution < -0.4 is 11.1 Å². The first-order chi connectivity index (χ1) is 11.0. The zero-order valence-electron chi connectivity index (χ0n) is 13.2. The number of carbonyl (C=O) groups is 3. The van der Waals surface area contributed by atoms with E-state index in [4.69, 9.17) is 10.8 Å². The Morgan fingerprint density at radius 1 is 1.26 bits per heavy atom. The summed E-state index contributed by atoms with van der Waals surface area (Å²) in [7, 11) is 0. The highest BCUT2D eigenvalue weighted by Gasteiger charge is 2.34. The molecule has 128 valence electrons. The molecule has 1 heterocycles. The Balaban J connectivity index is 2.03. The summed E-state index contributed by atoms with van der Waals surface area (Å²) >= 11 is 0. The van der Waals surface area contributed by atoms with Gasteiger partial charge in [0, 0.05) is 6.54 Å². The Morgan fingerprint density at radius 2 is 1.96 bits per heavy atom. The number of carboxylic acid groups (broad SMARTS) is 1. The van der Waals surface area contributed by atoms with Gasteiger partial charge in [0.2, 0.25) is 11.8 Å². The van der Waals surface area contributed by atoms with Crippen LogP contribution in [0.15, 0.2) is 12.2 Å². The maximum absolute atomic E-state index is 12.8. The second-order valence-electron chi connectivity index (χ2n) is 6.33. The number of hydrogen-bond donors (Lipinski definition) is 3. The van der Waals surface area contributed by atoms with Crippen molar-refractivity contribution in [1.82, 2.24) is 10.2 Å². The van der Waals surface area contributed by atoms with Gasteiger partial charge in [0.1, 0.15) is 6.04 Å². The van der Waals surface area contributed by atoms with Crippen LogP contribution in [0.2, 0.25) is 0 Å². The van der Waals surface area contributed by atoms with Crippen LogP contribution in [-0.4, -0.2) is 53.0 Å². The summed E-state index contributed by atoms with van der Waals surface area (Å²) in [4.78, 5) is 36.5. The van der Waals surface area contributed by atoms with Crippen LogP contribution in [0.3, 0.4) is 0 Å². The van der Waals surface area contributed by atoms with Crippen LogP contribution in [0.5, 0.6) is 0 Å². The molecule has 23 heavy (non-hydrogen) atoms. The number of hydrogen-bond acceptors (Lipinski definition) is 4. The lowest BCUT2D eigenvalue weighted by atomic mass is 9.84. The van der Waals surface area contributed by atoms with E-state index < -0.39 is 24.0 Å². The first-order valence-electron chi connectivity index (χ1n) is 8.20. The van der Waals surface area contributed by atoms with Crippen molar-refractivity contribution in [3.8, 4) is 0 Å². The van der Waals surface area contributed by atoms with Crippen LogP contribution in [-0.2, 0) is 14.4 Å². The highest BCUT2D eigenvalue weighted by molar-refractivity contribution is 5.91. The van der Waals surface area contributed by atoms with E-state index in [9.17, 15) is 14.4 Å². The van der Waals surface area contributed by atoms with Gasteiger partial charge >= 0.3 is 5.97 Å². The predicted molar refractivity (Wildman–Crippen MR) is 84.5 cm³/mol. The van der Waals surface area contributed by atoms with Crippen molar-refractivity contribution in [1.29, 1.82) is 0 Å². The minimum Gasteiger partial charge on any atom is -0.480 e. The minimum absolute atomic E-state index is 0.245. The van der Waals surface area contributed by atoms with Crippen molar-refractivity contribution in [3.63, 3.8) is 0 Å². The van der Waals surface area contributed by atoms with E-state index in [1.807, 2.05) is 0 Å². The van der Waals surface area contributed by atoms with Gasteiger partial charge < -0.3 is 15.7 Å². The minimum atomic E-state index is -1.00. The summed E-state index contributed by atoms with van der Waals surface area (Å²) in [5.74, 6) is -1.40. The number of amides is 2. The molecule has 0 bridgehead atoms. The summed E-state index contributed by atoms with van der Waals surface area (Å²) in [6, 6.07) is -1.32. The first kappa shape index (κ1) is 17.5. The predicted octanol–water partition coefficient (Wildman–Crippen LogP) is 0.252.